The molecule has 84 valence electrons. The van der Waals surface area contributed by atoms with Crippen molar-refractivity contribution >= 4 is 26.8 Å². The average Bonchev–Trinajstić information content (AvgIpc) is 2.01. The first-order valence-electron chi connectivity index (χ1n) is 4.95. The number of likely N-dealkylation sites (N-methyl/N-ethyl adjacent to an activating group) is 1. The molecule has 0 spiro atoms. The summed E-state index contributed by atoms with van der Waals surface area (Å²) in [6.45, 7) is 9.34. The molecule has 3 nitrogen and oxygen atoms in total. The molecule has 0 aromatic heterocycles. The number of nitrogens with zero attached hydrogens (tertiary/aromatic N) is 1. The Morgan fingerprint density at radius 1 is 1.50 bits per heavy atom. The zero-order valence-corrected chi connectivity index (χ0v) is 11.3. The fourth-order valence-corrected chi connectivity index (χ4v) is 4.06. The Morgan fingerprint density at radius 2 is 2.00 bits per heavy atom. The molecule has 0 aliphatic rings. The van der Waals surface area contributed by atoms with Gasteiger partial charge in [0.15, 0.2) is 0 Å². The van der Waals surface area contributed by atoms with Gasteiger partial charge in [0.2, 0.25) is 0 Å². The fraction of sp³-hybridized carbons (Fsp3) is 0.889. The molecule has 0 saturated carbocycles. The van der Waals surface area contributed by atoms with Crippen molar-refractivity contribution in [1.29, 1.82) is 0 Å². The zero-order chi connectivity index (χ0) is 11.4. The van der Waals surface area contributed by atoms with Gasteiger partial charge in [-0.3, -0.25) is 4.79 Å². The van der Waals surface area contributed by atoms with Gasteiger partial charge in [-0.25, -0.2) is 0 Å². The van der Waals surface area contributed by atoms with Crippen molar-refractivity contribution in [2.75, 3.05) is 12.3 Å². The van der Waals surface area contributed by atoms with Crippen LogP contribution in [0.1, 0.15) is 13.3 Å². The van der Waals surface area contributed by atoms with Crippen LogP contribution in [-0.4, -0.2) is 42.2 Å². The van der Waals surface area contributed by atoms with Gasteiger partial charge in [0.1, 0.15) is 14.3 Å². The molecule has 5 heteroatoms. The molecule has 0 amide bonds. The standard InChI is InChI=1S/C9H21NO2SSi/c1-5-10(14(2,3)4)8(6-7-13)9(11)12/h8,13H,5-7H2,1-4H3,(H,11,12). The van der Waals surface area contributed by atoms with Gasteiger partial charge in [-0.1, -0.05) is 26.6 Å². The predicted molar refractivity (Wildman–Crippen MR) is 65.6 cm³/mol. The molecule has 0 bridgehead atoms. The summed E-state index contributed by atoms with van der Waals surface area (Å²) < 4.78 is 2.13. The van der Waals surface area contributed by atoms with Crippen LogP contribution in [0.3, 0.4) is 0 Å². The molecule has 14 heavy (non-hydrogen) atoms. The van der Waals surface area contributed by atoms with E-state index in [-0.39, 0.29) is 6.04 Å². The van der Waals surface area contributed by atoms with Gasteiger partial charge < -0.3 is 9.67 Å². The highest BCUT2D eigenvalue weighted by atomic mass is 32.1. The number of aliphatic carboxylic acids is 1. The third-order valence-corrected chi connectivity index (χ3v) is 4.88. The Morgan fingerprint density at radius 3 is 2.21 bits per heavy atom. The highest BCUT2D eigenvalue weighted by Crippen LogP contribution is 2.16. The molecule has 1 atom stereocenters. The molecule has 0 saturated heterocycles. The maximum absolute atomic E-state index is 11.1. The summed E-state index contributed by atoms with van der Waals surface area (Å²) >= 11 is 4.11. The van der Waals surface area contributed by atoms with Crippen molar-refractivity contribution < 1.29 is 9.90 Å². The normalized spacial score (nSPS) is 14.4. The predicted octanol–water partition coefficient (Wildman–Crippen LogP) is 1.92. The number of carboxylic acid groups (broad SMARTS) is 1. The highest BCUT2D eigenvalue weighted by molar-refractivity contribution is 7.80. The second-order valence-electron chi connectivity index (χ2n) is 4.32. The molecule has 0 fully saturated rings. The first-order valence-corrected chi connectivity index (χ1v) is 9.03. The molecule has 0 rings (SSSR count). The summed E-state index contributed by atoms with van der Waals surface area (Å²) in [5.41, 5.74) is 0. The van der Waals surface area contributed by atoms with Gasteiger partial charge >= 0.3 is 5.97 Å². The maximum atomic E-state index is 11.1. The first-order chi connectivity index (χ1) is 6.34. The number of carbonyl (C=O) groups is 1. The second kappa shape index (κ2) is 5.78. The highest BCUT2D eigenvalue weighted by Gasteiger charge is 2.32. The van der Waals surface area contributed by atoms with Crippen LogP contribution in [0, 0.1) is 0 Å². The number of hydrogen-bond acceptors (Lipinski definition) is 3. The summed E-state index contributed by atoms with van der Waals surface area (Å²) in [4.78, 5) is 11.1. The van der Waals surface area contributed by atoms with Crippen LogP contribution in [0.5, 0.6) is 0 Å². The lowest BCUT2D eigenvalue weighted by molar-refractivity contribution is -0.141. The van der Waals surface area contributed by atoms with Crippen molar-refractivity contribution in [3.8, 4) is 0 Å². The summed E-state index contributed by atoms with van der Waals surface area (Å²) in [5, 5.41) is 9.12. The quantitative estimate of drug-likeness (QED) is 0.546. The van der Waals surface area contributed by atoms with Crippen molar-refractivity contribution in [2.24, 2.45) is 0 Å². The van der Waals surface area contributed by atoms with E-state index in [9.17, 15) is 4.79 Å². The topological polar surface area (TPSA) is 40.5 Å². The molecule has 0 aromatic rings. The Bertz CT molecular complexity index is 194. The van der Waals surface area contributed by atoms with Crippen LogP contribution in [0.4, 0.5) is 0 Å². The summed E-state index contributed by atoms with van der Waals surface area (Å²) in [6, 6.07) is -0.357. The van der Waals surface area contributed by atoms with Gasteiger partial charge in [-0.05, 0) is 18.7 Å². The summed E-state index contributed by atoms with van der Waals surface area (Å²) in [6.07, 6.45) is 0.622. The van der Waals surface area contributed by atoms with Gasteiger partial charge in [0, 0.05) is 0 Å². The van der Waals surface area contributed by atoms with Gasteiger partial charge in [-0.15, -0.1) is 0 Å². The Hall–Kier alpha value is -0.00312. The lowest BCUT2D eigenvalue weighted by Gasteiger charge is -2.37. The van der Waals surface area contributed by atoms with E-state index in [1.54, 1.807) is 0 Å². The van der Waals surface area contributed by atoms with E-state index in [0.29, 0.717) is 12.2 Å². The van der Waals surface area contributed by atoms with E-state index < -0.39 is 14.2 Å². The minimum Gasteiger partial charge on any atom is -0.480 e. The zero-order valence-electron chi connectivity index (χ0n) is 9.45. The van der Waals surface area contributed by atoms with Crippen molar-refractivity contribution in [3.05, 3.63) is 0 Å². The summed E-state index contributed by atoms with van der Waals surface area (Å²) in [7, 11) is -1.53. The van der Waals surface area contributed by atoms with Gasteiger partial charge in [0.05, 0.1) is 0 Å². The van der Waals surface area contributed by atoms with E-state index in [2.05, 4.69) is 36.8 Å². The molecule has 0 aliphatic carbocycles. The first kappa shape index (κ1) is 14.0. The minimum absolute atomic E-state index is 0.357. The van der Waals surface area contributed by atoms with Crippen LogP contribution < -0.4 is 0 Å². The Balaban J connectivity index is 4.67. The van der Waals surface area contributed by atoms with Crippen LogP contribution >= 0.6 is 12.6 Å². The largest absolute Gasteiger partial charge is 0.480 e. The minimum atomic E-state index is -1.53. The third kappa shape index (κ3) is 4.02. The SMILES string of the molecule is CCN(C(CCS)C(=O)O)[Si](C)(C)C. The van der Waals surface area contributed by atoms with Gasteiger partial charge in [-0.2, -0.15) is 12.6 Å². The summed E-state index contributed by atoms with van der Waals surface area (Å²) in [5.74, 6) is -0.0962. The third-order valence-electron chi connectivity index (χ3n) is 2.27. The molecular formula is C9H21NO2SSi. The molecule has 0 radical (unpaired) electrons. The molecule has 1 unspecified atom stereocenters. The molecular weight excluding hydrogens is 214 g/mol. The van der Waals surface area contributed by atoms with Crippen molar-refractivity contribution in [2.45, 2.75) is 39.0 Å². The van der Waals surface area contributed by atoms with Crippen LogP contribution in [0.2, 0.25) is 19.6 Å². The number of rotatable bonds is 6. The molecule has 0 aromatic carbocycles. The Labute approximate surface area is 93.0 Å². The van der Waals surface area contributed by atoms with Crippen LogP contribution in [0.15, 0.2) is 0 Å². The van der Waals surface area contributed by atoms with E-state index in [0.717, 1.165) is 6.54 Å². The maximum Gasteiger partial charge on any atom is 0.320 e. The molecule has 0 aliphatic heterocycles. The lowest BCUT2D eigenvalue weighted by atomic mass is 10.2. The van der Waals surface area contributed by atoms with E-state index in [1.807, 2.05) is 6.92 Å². The molecule has 0 heterocycles. The monoisotopic (exact) mass is 235 g/mol. The van der Waals surface area contributed by atoms with Crippen molar-refractivity contribution in [3.63, 3.8) is 0 Å². The van der Waals surface area contributed by atoms with E-state index in [4.69, 9.17) is 5.11 Å². The van der Waals surface area contributed by atoms with E-state index >= 15 is 0 Å². The fourth-order valence-electron chi connectivity index (χ4n) is 1.70. The lowest BCUT2D eigenvalue weighted by Crippen LogP contribution is -2.54. The van der Waals surface area contributed by atoms with Crippen molar-refractivity contribution in [1.82, 2.24) is 4.57 Å². The van der Waals surface area contributed by atoms with Crippen LogP contribution in [-0.2, 0) is 4.79 Å². The van der Waals surface area contributed by atoms with E-state index in [1.165, 1.54) is 0 Å². The second-order valence-corrected chi connectivity index (χ2v) is 9.69. The number of hydrogen-bond donors (Lipinski definition) is 2. The average molecular weight is 235 g/mol. The smallest absolute Gasteiger partial charge is 0.320 e. The number of carboxylic acids is 1. The van der Waals surface area contributed by atoms with Gasteiger partial charge in [0.25, 0.3) is 0 Å². The van der Waals surface area contributed by atoms with Crippen LogP contribution in [0.25, 0.3) is 0 Å². The Kier molecular flexibility index (Phi) is 5.77. The number of thiol groups is 1. The molecule has 1 N–H and O–H groups in total.